The van der Waals surface area contributed by atoms with Gasteiger partial charge in [0.2, 0.25) is 5.91 Å². The van der Waals surface area contributed by atoms with Gasteiger partial charge in [0.25, 0.3) is 0 Å². The Morgan fingerprint density at radius 2 is 1.73 bits per heavy atom. The molecule has 142 valence electrons. The largest absolute Gasteiger partial charge is 0.325 e. The van der Waals surface area contributed by atoms with Crippen molar-refractivity contribution in [2.45, 2.75) is 39.0 Å². The summed E-state index contributed by atoms with van der Waals surface area (Å²) < 4.78 is 0. The Hall–Kier alpha value is -2.08. The van der Waals surface area contributed by atoms with Crippen molar-refractivity contribution >= 4 is 23.3 Å². The minimum Gasteiger partial charge on any atom is -0.325 e. The molecular weight excluding hydrogens is 328 g/mol. The van der Waals surface area contributed by atoms with Crippen LogP contribution in [-0.4, -0.2) is 43.0 Å². The number of benzene rings is 1. The Morgan fingerprint density at radius 1 is 1.12 bits per heavy atom. The number of nitrogens with one attached hydrogen (secondary N) is 3. The third-order valence-corrected chi connectivity index (χ3v) is 5.53. The molecule has 2 aliphatic heterocycles. The predicted octanol–water partition coefficient (Wildman–Crippen LogP) is 3.28. The van der Waals surface area contributed by atoms with Crippen LogP contribution in [0.1, 0.15) is 39.0 Å². The maximum Gasteiger partial charge on any atom is 0.321 e. The quantitative estimate of drug-likeness (QED) is 0.756. The number of piperidine rings is 1. The highest BCUT2D eigenvalue weighted by atomic mass is 16.2. The molecule has 6 heteroatoms. The van der Waals surface area contributed by atoms with Gasteiger partial charge in [-0.15, -0.1) is 0 Å². The summed E-state index contributed by atoms with van der Waals surface area (Å²) >= 11 is 0. The summed E-state index contributed by atoms with van der Waals surface area (Å²) in [6.07, 6.45) is 4.90. The summed E-state index contributed by atoms with van der Waals surface area (Å²) in [5, 5.41) is 9.29. The molecule has 0 bridgehead atoms. The summed E-state index contributed by atoms with van der Waals surface area (Å²) in [5.41, 5.74) is 1.33. The molecule has 6 nitrogen and oxygen atoms in total. The monoisotopic (exact) mass is 358 g/mol. The average Bonchev–Trinajstić information content (AvgIpc) is 3.19. The zero-order valence-electron chi connectivity index (χ0n) is 15.6. The molecule has 2 fully saturated rings. The third kappa shape index (κ3) is 4.97. The number of para-hydroxylation sites is 2. The van der Waals surface area contributed by atoms with Gasteiger partial charge in [-0.05, 0) is 62.7 Å². The smallest absolute Gasteiger partial charge is 0.321 e. The van der Waals surface area contributed by atoms with Crippen LogP contribution in [-0.2, 0) is 4.79 Å². The Balaban J connectivity index is 1.56. The topological polar surface area (TPSA) is 73.5 Å². The van der Waals surface area contributed by atoms with Gasteiger partial charge in [0.05, 0.1) is 11.4 Å². The number of urea groups is 1. The molecule has 1 aromatic rings. The van der Waals surface area contributed by atoms with Crippen molar-refractivity contribution in [1.82, 2.24) is 10.2 Å². The van der Waals surface area contributed by atoms with E-state index >= 15 is 0 Å². The van der Waals surface area contributed by atoms with Crippen LogP contribution in [0.15, 0.2) is 24.3 Å². The molecule has 1 unspecified atom stereocenters. The van der Waals surface area contributed by atoms with Gasteiger partial charge in [-0.3, -0.25) is 4.79 Å². The summed E-state index contributed by atoms with van der Waals surface area (Å²) in [5.74, 6) is 0.981. The lowest BCUT2D eigenvalue weighted by atomic mass is 9.84. The van der Waals surface area contributed by atoms with Crippen LogP contribution in [0.5, 0.6) is 0 Å². The van der Waals surface area contributed by atoms with Gasteiger partial charge in [-0.2, -0.15) is 0 Å². The predicted molar refractivity (Wildman–Crippen MR) is 104 cm³/mol. The summed E-state index contributed by atoms with van der Waals surface area (Å²) in [7, 11) is 0. The van der Waals surface area contributed by atoms with E-state index in [4.69, 9.17) is 0 Å². The molecule has 1 atom stereocenters. The standard InChI is InChI=1S/C20H30N4O2/c1-15(16-8-10-21-11-9-16)14-19(25)22-17-6-2-3-7-18(17)23-20(26)24-12-4-5-13-24/h2-3,6-7,15-16,21H,4-5,8-14H2,1H3,(H,22,25)(H,23,26). The molecular formula is C20H30N4O2. The first-order chi connectivity index (χ1) is 12.6. The number of carbonyl (C=O) groups excluding carboxylic acids is 2. The fourth-order valence-corrected chi connectivity index (χ4v) is 3.89. The van der Waals surface area contributed by atoms with Gasteiger partial charge in [0.1, 0.15) is 0 Å². The van der Waals surface area contributed by atoms with Crippen LogP contribution in [0.2, 0.25) is 0 Å². The van der Waals surface area contributed by atoms with Gasteiger partial charge in [-0.25, -0.2) is 4.79 Å². The first kappa shape index (κ1) is 18.7. The molecule has 26 heavy (non-hydrogen) atoms. The molecule has 0 aliphatic carbocycles. The highest BCUT2D eigenvalue weighted by Crippen LogP contribution is 2.26. The number of likely N-dealkylation sites (tertiary alicyclic amines) is 1. The van der Waals surface area contributed by atoms with E-state index in [1.807, 2.05) is 29.2 Å². The van der Waals surface area contributed by atoms with Crippen LogP contribution in [0, 0.1) is 11.8 Å². The number of nitrogens with zero attached hydrogens (tertiary/aromatic N) is 1. The van der Waals surface area contributed by atoms with Crippen molar-refractivity contribution in [3.05, 3.63) is 24.3 Å². The number of rotatable bonds is 5. The molecule has 3 rings (SSSR count). The van der Waals surface area contributed by atoms with Gasteiger partial charge in [0, 0.05) is 19.5 Å². The van der Waals surface area contributed by atoms with Crippen LogP contribution >= 0.6 is 0 Å². The van der Waals surface area contributed by atoms with E-state index in [0.29, 0.717) is 29.6 Å². The SMILES string of the molecule is CC(CC(=O)Nc1ccccc1NC(=O)N1CCCC1)C1CCNCC1. The first-order valence-corrected chi connectivity index (χ1v) is 9.79. The van der Waals surface area contributed by atoms with Gasteiger partial charge < -0.3 is 20.9 Å². The summed E-state index contributed by atoms with van der Waals surface area (Å²) in [6, 6.07) is 7.32. The number of amides is 3. The minimum atomic E-state index is -0.0905. The maximum atomic E-state index is 12.5. The van der Waals surface area contributed by atoms with Crippen molar-refractivity contribution in [3.8, 4) is 0 Å². The van der Waals surface area contributed by atoms with E-state index in [1.165, 1.54) is 0 Å². The molecule has 2 saturated heterocycles. The van der Waals surface area contributed by atoms with Crippen molar-refractivity contribution in [3.63, 3.8) is 0 Å². The Bertz CT molecular complexity index is 622. The minimum absolute atomic E-state index is 0.0129. The third-order valence-electron chi connectivity index (χ3n) is 5.53. The molecule has 2 aliphatic rings. The average molecular weight is 358 g/mol. The molecule has 0 aromatic heterocycles. The van der Waals surface area contributed by atoms with Crippen LogP contribution in [0.3, 0.4) is 0 Å². The van der Waals surface area contributed by atoms with Crippen LogP contribution < -0.4 is 16.0 Å². The Morgan fingerprint density at radius 3 is 2.38 bits per heavy atom. The van der Waals surface area contributed by atoms with E-state index in [9.17, 15) is 9.59 Å². The van der Waals surface area contributed by atoms with Crippen molar-refractivity contribution in [2.24, 2.45) is 11.8 Å². The zero-order valence-corrected chi connectivity index (χ0v) is 15.6. The second kappa shape index (κ2) is 9.03. The number of hydrogen-bond donors (Lipinski definition) is 3. The van der Waals surface area contributed by atoms with Gasteiger partial charge in [0.15, 0.2) is 0 Å². The molecule has 3 N–H and O–H groups in total. The van der Waals surface area contributed by atoms with Gasteiger partial charge in [-0.1, -0.05) is 19.1 Å². The van der Waals surface area contributed by atoms with E-state index < -0.39 is 0 Å². The second-order valence-electron chi connectivity index (χ2n) is 7.49. The Labute approximate surface area is 155 Å². The molecule has 2 heterocycles. The fraction of sp³-hybridized carbons (Fsp3) is 0.600. The number of carbonyl (C=O) groups is 2. The molecule has 0 spiro atoms. The first-order valence-electron chi connectivity index (χ1n) is 9.79. The van der Waals surface area contributed by atoms with E-state index in [0.717, 1.165) is 51.9 Å². The second-order valence-corrected chi connectivity index (χ2v) is 7.49. The van der Waals surface area contributed by atoms with E-state index in [1.54, 1.807) is 0 Å². The van der Waals surface area contributed by atoms with E-state index in [-0.39, 0.29) is 11.9 Å². The van der Waals surface area contributed by atoms with Crippen molar-refractivity contribution in [1.29, 1.82) is 0 Å². The van der Waals surface area contributed by atoms with Gasteiger partial charge >= 0.3 is 6.03 Å². The molecule has 1 aromatic carbocycles. The Kier molecular flexibility index (Phi) is 6.50. The highest BCUT2D eigenvalue weighted by molar-refractivity contribution is 5.99. The highest BCUT2D eigenvalue weighted by Gasteiger charge is 2.23. The summed E-state index contributed by atoms with van der Waals surface area (Å²) in [4.78, 5) is 26.7. The van der Waals surface area contributed by atoms with E-state index in [2.05, 4.69) is 22.9 Å². The number of hydrogen-bond acceptors (Lipinski definition) is 3. The maximum absolute atomic E-state index is 12.5. The summed E-state index contributed by atoms with van der Waals surface area (Å²) in [6.45, 7) is 5.85. The molecule has 3 amide bonds. The lowest BCUT2D eigenvalue weighted by Crippen LogP contribution is -2.33. The zero-order chi connectivity index (χ0) is 18.4. The fourth-order valence-electron chi connectivity index (χ4n) is 3.89. The van der Waals surface area contributed by atoms with Crippen molar-refractivity contribution < 1.29 is 9.59 Å². The number of anilines is 2. The lowest BCUT2D eigenvalue weighted by Gasteiger charge is -2.28. The van der Waals surface area contributed by atoms with Crippen LogP contribution in [0.25, 0.3) is 0 Å². The molecule has 0 radical (unpaired) electrons. The molecule has 0 saturated carbocycles. The normalized spacial score (nSPS) is 19.2. The van der Waals surface area contributed by atoms with Crippen molar-refractivity contribution in [2.75, 3.05) is 36.8 Å². The van der Waals surface area contributed by atoms with Crippen LogP contribution in [0.4, 0.5) is 16.2 Å². The lowest BCUT2D eigenvalue weighted by molar-refractivity contribution is -0.117.